The van der Waals surface area contributed by atoms with Crippen molar-refractivity contribution in [1.29, 1.82) is 0 Å². The molecular weight excluding hydrogens is 204 g/mol. The van der Waals surface area contributed by atoms with Gasteiger partial charge >= 0.3 is 0 Å². The van der Waals surface area contributed by atoms with Crippen molar-refractivity contribution in [3.8, 4) is 0 Å². The lowest BCUT2D eigenvalue weighted by Gasteiger charge is -2.17. The molecule has 17 heavy (non-hydrogen) atoms. The largest absolute Gasteiger partial charge is 0.0961 e. The average molecular weight is 228 g/mol. The second kappa shape index (κ2) is 6.90. The Kier molecular flexibility index (Phi) is 6.27. The molecule has 0 radical (unpaired) electrons. The van der Waals surface area contributed by atoms with E-state index in [-0.39, 0.29) is 7.43 Å². The molecular formula is C17H24. The molecule has 0 spiro atoms. The van der Waals surface area contributed by atoms with Crippen LogP contribution in [0.1, 0.15) is 39.7 Å². The van der Waals surface area contributed by atoms with Crippen LogP contribution >= 0.6 is 0 Å². The lowest BCUT2D eigenvalue weighted by Crippen LogP contribution is -1.99. The lowest BCUT2D eigenvalue weighted by atomic mass is 9.88. The van der Waals surface area contributed by atoms with Gasteiger partial charge in [-0.3, -0.25) is 0 Å². The first-order valence-corrected chi connectivity index (χ1v) is 5.60. The molecule has 0 aliphatic heterocycles. The maximum Gasteiger partial charge on any atom is 0.00635 e. The second-order valence-corrected chi connectivity index (χ2v) is 4.36. The maximum atomic E-state index is 4.05. The third-order valence-electron chi connectivity index (χ3n) is 2.66. The standard InChI is InChI=1S/C16H20.CH4/c1-12(2)11-16(13(3)4)14(5)15-9-7-6-8-10-15;/h6-11,14H,1,3H2,2,4-5H3;1H4/b16-11+;. The molecule has 0 saturated carbocycles. The van der Waals surface area contributed by atoms with Crippen LogP contribution in [0.5, 0.6) is 0 Å². The van der Waals surface area contributed by atoms with Crippen molar-refractivity contribution in [2.75, 3.05) is 0 Å². The quantitative estimate of drug-likeness (QED) is 0.596. The highest BCUT2D eigenvalue weighted by atomic mass is 14.2. The Morgan fingerprint density at radius 2 is 1.65 bits per heavy atom. The van der Waals surface area contributed by atoms with Gasteiger partial charge in [0.25, 0.3) is 0 Å². The SMILES string of the molecule is C.C=C(C)/C=C(\C(=C)C)C(C)c1ccccc1. The third-order valence-corrected chi connectivity index (χ3v) is 2.66. The highest BCUT2D eigenvalue weighted by Gasteiger charge is 2.11. The molecule has 0 heteroatoms. The van der Waals surface area contributed by atoms with E-state index < -0.39 is 0 Å². The zero-order valence-electron chi connectivity index (χ0n) is 10.5. The van der Waals surface area contributed by atoms with Crippen molar-refractivity contribution >= 4 is 0 Å². The summed E-state index contributed by atoms with van der Waals surface area (Å²) in [7, 11) is 0. The number of rotatable bonds is 4. The number of benzene rings is 1. The van der Waals surface area contributed by atoms with E-state index >= 15 is 0 Å². The minimum Gasteiger partial charge on any atom is -0.0961 e. The molecule has 0 saturated heterocycles. The molecule has 0 heterocycles. The van der Waals surface area contributed by atoms with E-state index in [9.17, 15) is 0 Å². The molecule has 0 aliphatic rings. The fourth-order valence-corrected chi connectivity index (χ4v) is 1.80. The summed E-state index contributed by atoms with van der Waals surface area (Å²) in [5.74, 6) is 0.371. The molecule has 0 amide bonds. The van der Waals surface area contributed by atoms with Crippen molar-refractivity contribution in [3.63, 3.8) is 0 Å². The third kappa shape index (κ3) is 4.44. The van der Waals surface area contributed by atoms with Gasteiger partial charge < -0.3 is 0 Å². The second-order valence-electron chi connectivity index (χ2n) is 4.36. The highest BCUT2D eigenvalue weighted by molar-refractivity contribution is 5.41. The van der Waals surface area contributed by atoms with Crippen LogP contribution in [-0.2, 0) is 0 Å². The Labute approximate surface area is 106 Å². The Morgan fingerprint density at radius 1 is 1.12 bits per heavy atom. The molecule has 92 valence electrons. The van der Waals surface area contributed by atoms with Crippen molar-refractivity contribution in [1.82, 2.24) is 0 Å². The van der Waals surface area contributed by atoms with Gasteiger partial charge in [-0.05, 0) is 25.0 Å². The Bertz CT molecular complexity index is 407. The monoisotopic (exact) mass is 228 g/mol. The van der Waals surface area contributed by atoms with Crippen LogP contribution in [0, 0.1) is 0 Å². The van der Waals surface area contributed by atoms with Gasteiger partial charge in [0.15, 0.2) is 0 Å². The molecule has 1 atom stereocenters. The molecule has 0 aliphatic carbocycles. The van der Waals surface area contributed by atoms with Gasteiger partial charge in [-0.1, -0.05) is 75.1 Å². The molecule has 0 fully saturated rings. The molecule has 0 N–H and O–H groups in total. The van der Waals surface area contributed by atoms with Crippen molar-refractivity contribution in [3.05, 3.63) is 71.8 Å². The zero-order chi connectivity index (χ0) is 12.1. The van der Waals surface area contributed by atoms with Gasteiger partial charge in [-0.2, -0.15) is 0 Å². The van der Waals surface area contributed by atoms with Gasteiger partial charge in [-0.25, -0.2) is 0 Å². The summed E-state index contributed by atoms with van der Waals surface area (Å²) < 4.78 is 0. The highest BCUT2D eigenvalue weighted by Crippen LogP contribution is 2.28. The van der Waals surface area contributed by atoms with Crippen molar-refractivity contribution in [2.24, 2.45) is 0 Å². The molecule has 0 aromatic heterocycles. The summed E-state index contributed by atoms with van der Waals surface area (Å²) in [6.07, 6.45) is 2.12. The van der Waals surface area contributed by atoms with E-state index in [0.717, 1.165) is 11.1 Å². The number of hydrogen-bond acceptors (Lipinski definition) is 0. The minimum atomic E-state index is 0. The molecule has 0 bridgehead atoms. The first-order valence-electron chi connectivity index (χ1n) is 5.60. The van der Waals surface area contributed by atoms with Gasteiger partial charge in [0.05, 0.1) is 0 Å². The van der Waals surface area contributed by atoms with Gasteiger partial charge in [-0.15, -0.1) is 0 Å². The van der Waals surface area contributed by atoms with Crippen molar-refractivity contribution < 1.29 is 0 Å². The number of allylic oxidation sites excluding steroid dienone is 4. The zero-order valence-corrected chi connectivity index (χ0v) is 10.5. The normalized spacial score (nSPS) is 12.5. The van der Waals surface area contributed by atoms with Crippen LogP contribution in [-0.4, -0.2) is 0 Å². The van der Waals surface area contributed by atoms with Crippen LogP contribution in [0.2, 0.25) is 0 Å². The summed E-state index contributed by atoms with van der Waals surface area (Å²) in [6.45, 7) is 14.3. The number of hydrogen-bond donors (Lipinski definition) is 0. The van der Waals surface area contributed by atoms with Gasteiger partial charge in [0.2, 0.25) is 0 Å². The fourth-order valence-electron chi connectivity index (χ4n) is 1.80. The topological polar surface area (TPSA) is 0 Å². The van der Waals surface area contributed by atoms with Crippen LogP contribution in [0.4, 0.5) is 0 Å². The first-order chi connectivity index (χ1) is 7.52. The van der Waals surface area contributed by atoms with Crippen molar-refractivity contribution in [2.45, 2.75) is 34.1 Å². The van der Waals surface area contributed by atoms with Crippen LogP contribution < -0.4 is 0 Å². The maximum absolute atomic E-state index is 4.05. The summed E-state index contributed by atoms with van der Waals surface area (Å²) in [4.78, 5) is 0. The predicted octanol–water partition coefficient (Wildman–Crippen LogP) is 5.50. The summed E-state index contributed by atoms with van der Waals surface area (Å²) in [5, 5.41) is 0. The van der Waals surface area contributed by atoms with E-state index in [1.807, 2.05) is 19.9 Å². The van der Waals surface area contributed by atoms with Crippen LogP contribution in [0.15, 0.2) is 66.3 Å². The molecule has 1 aromatic carbocycles. The molecule has 1 rings (SSSR count). The van der Waals surface area contributed by atoms with Crippen LogP contribution in [0.25, 0.3) is 0 Å². The fraction of sp³-hybridized carbons (Fsp3) is 0.294. The Hall–Kier alpha value is -1.56. The minimum absolute atomic E-state index is 0. The van der Waals surface area contributed by atoms with E-state index in [0.29, 0.717) is 5.92 Å². The van der Waals surface area contributed by atoms with Gasteiger partial charge in [0, 0.05) is 5.92 Å². The van der Waals surface area contributed by atoms with E-state index in [4.69, 9.17) is 0 Å². The summed E-state index contributed by atoms with van der Waals surface area (Å²) in [5.41, 5.74) is 4.76. The predicted molar refractivity (Wildman–Crippen MR) is 79.3 cm³/mol. The molecule has 1 unspecified atom stereocenters. The Balaban J connectivity index is 0.00000256. The first kappa shape index (κ1) is 15.4. The summed E-state index contributed by atoms with van der Waals surface area (Å²) >= 11 is 0. The molecule has 0 nitrogen and oxygen atoms in total. The van der Waals surface area contributed by atoms with Crippen LogP contribution in [0.3, 0.4) is 0 Å². The average Bonchev–Trinajstić information content (AvgIpc) is 2.25. The van der Waals surface area contributed by atoms with E-state index in [1.165, 1.54) is 11.1 Å². The summed E-state index contributed by atoms with van der Waals surface area (Å²) in [6, 6.07) is 10.5. The van der Waals surface area contributed by atoms with E-state index in [1.54, 1.807) is 0 Å². The van der Waals surface area contributed by atoms with Gasteiger partial charge in [0.1, 0.15) is 0 Å². The Morgan fingerprint density at radius 3 is 2.06 bits per heavy atom. The smallest absolute Gasteiger partial charge is 0.00635 e. The van der Waals surface area contributed by atoms with E-state index in [2.05, 4.69) is 50.4 Å². The lowest BCUT2D eigenvalue weighted by molar-refractivity contribution is 0.901. The molecule has 1 aromatic rings.